The summed E-state index contributed by atoms with van der Waals surface area (Å²) in [7, 11) is 0. The minimum atomic E-state index is 0.240. The maximum Gasteiger partial charge on any atom is 0.189 e. The van der Waals surface area contributed by atoms with Gasteiger partial charge in [-0.05, 0) is 41.6 Å². The second kappa shape index (κ2) is 5.69. The fourth-order valence-corrected chi connectivity index (χ4v) is 2.77. The van der Waals surface area contributed by atoms with Gasteiger partial charge in [-0.2, -0.15) is 14.7 Å². The minimum absolute atomic E-state index is 0.240. The molecule has 0 unspecified atom stereocenters. The summed E-state index contributed by atoms with van der Waals surface area (Å²) in [6.45, 7) is 0. The van der Waals surface area contributed by atoms with Crippen molar-refractivity contribution in [1.82, 2.24) is 35.0 Å². The molecule has 8 nitrogen and oxygen atoms in total. The molecular weight excluding hydrogens is 314 g/mol. The average molecular weight is 325 g/mol. The van der Waals surface area contributed by atoms with E-state index in [1.165, 1.54) is 18.1 Å². The highest BCUT2D eigenvalue weighted by Crippen LogP contribution is 2.22. The average Bonchev–Trinajstić information content (AvgIpc) is 3.20. The number of hydrogen-bond donors (Lipinski definition) is 2. The molecule has 0 aliphatic heterocycles. The monoisotopic (exact) mass is 325 g/mol. The van der Waals surface area contributed by atoms with E-state index in [-0.39, 0.29) is 5.75 Å². The van der Waals surface area contributed by atoms with Crippen LogP contribution >= 0.6 is 11.8 Å². The predicted octanol–water partition coefficient (Wildman–Crippen LogP) is 1.69. The van der Waals surface area contributed by atoms with Crippen LogP contribution in [0.15, 0.2) is 52.9 Å². The van der Waals surface area contributed by atoms with Crippen LogP contribution in [0.1, 0.15) is 11.4 Å². The molecule has 0 saturated carbocycles. The molecule has 23 heavy (non-hydrogen) atoms. The number of aromatic hydroxyl groups is 1. The maximum absolute atomic E-state index is 9.35. The van der Waals surface area contributed by atoms with Crippen LogP contribution in [-0.4, -0.2) is 40.1 Å². The van der Waals surface area contributed by atoms with Gasteiger partial charge in [0.05, 0.1) is 0 Å². The third-order valence-corrected chi connectivity index (χ3v) is 4.01. The lowest BCUT2D eigenvalue weighted by molar-refractivity contribution is 0.475. The van der Waals surface area contributed by atoms with Crippen molar-refractivity contribution in [1.29, 1.82) is 0 Å². The summed E-state index contributed by atoms with van der Waals surface area (Å²) in [6.07, 6.45) is 2.03. The maximum atomic E-state index is 9.35. The van der Waals surface area contributed by atoms with Crippen molar-refractivity contribution >= 4 is 17.4 Å². The van der Waals surface area contributed by atoms with Gasteiger partial charge in [-0.3, -0.25) is 5.10 Å². The van der Waals surface area contributed by atoms with E-state index in [0.717, 1.165) is 16.4 Å². The fraction of sp³-hybridized carbons (Fsp3) is 0.0714. The van der Waals surface area contributed by atoms with E-state index in [9.17, 15) is 5.11 Å². The van der Waals surface area contributed by atoms with Crippen molar-refractivity contribution in [3.05, 3.63) is 54.1 Å². The molecule has 0 aliphatic rings. The van der Waals surface area contributed by atoms with Crippen LogP contribution in [0.4, 0.5) is 0 Å². The number of phenolic OH excluding ortho intramolecular Hbond substituents is 1. The van der Waals surface area contributed by atoms with Crippen LogP contribution in [-0.2, 0) is 6.42 Å². The number of aromatic nitrogens is 7. The van der Waals surface area contributed by atoms with Gasteiger partial charge in [0.1, 0.15) is 17.1 Å². The van der Waals surface area contributed by atoms with Gasteiger partial charge in [-0.25, -0.2) is 4.98 Å². The van der Waals surface area contributed by atoms with E-state index in [0.29, 0.717) is 17.2 Å². The Morgan fingerprint density at radius 2 is 1.96 bits per heavy atom. The van der Waals surface area contributed by atoms with E-state index in [2.05, 4.69) is 30.5 Å². The first kappa shape index (κ1) is 13.7. The Morgan fingerprint density at radius 3 is 2.74 bits per heavy atom. The summed E-state index contributed by atoms with van der Waals surface area (Å²) in [5.41, 5.74) is 1.70. The lowest BCUT2D eigenvalue weighted by Gasteiger charge is -2.02. The van der Waals surface area contributed by atoms with Crippen molar-refractivity contribution in [2.75, 3.05) is 0 Å². The summed E-state index contributed by atoms with van der Waals surface area (Å²) in [5.74, 6) is 0.967. The molecule has 1 aromatic carbocycles. The largest absolute Gasteiger partial charge is 0.508 e. The summed E-state index contributed by atoms with van der Waals surface area (Å²) in [6, 6.07) is 10.7. The first-order valence-corrected chi connectivity index (χ1v) is 7.62. The highest BCUT2D eigenvalue weighted by molar-refractivity contribution is 7.99. The van der Waals surface area contributed by atoms with Crippen molar-refractivity contribution in [3.63, 3.8) is 0 Å². The zero-order valence-electron chi connectivity index (χ0n) is 11.8. The van der Waals surface area contributed by atoms with Crippen LogP contribution in [0.2, 0.25) is 0 Å². The zero-order valence-corrected chi connectivity index (χ0v) is 12.6. The van der Waals surface area contributed by atoms with Gasteiger partial charge >= 0.3 is 0 Å². The Balaban J connectivity index is 1.65. The first-order valence-electron chi connectivity index (χ1n) is 6.80. The van der Waals surface area contributed by atoms with Gasteiger partial charge < -0.3 is 5.11 Å². The Morgan fingerprint density at radius 1 is 1.09 bits per heavy atom. The number of phenols is 1. The second-order valence-electron chi connectivity index (χ2n) is 4.79. The molecule has 3 heterocycles. The number of rotatable bonds is 4. The Hall–Kier alpha value is -2.94. The molecule has 0 amide bonds. The molecule has 0 aliphatic carbocycles. The highest BCUT2D eigenvalue weighted by atomic mass is 32.2. The summed E-state index contributed by atoms with van der Waals surface area (Å²) in [5, 5.41) is 30.2. The smallest absolute Gasteiger partial charge is 0.189 e. The highest BCUT2D eigenvalue weighted by Gasteiger charge is 2.10. The van der Waals surface area contributed by atoms with Gasteiger partial charge in [0.2, 0.25) is 0 Å². The van der Waals surface area contributed by atoms with Gasteiger partial charge in [0.15, 0.2) is 16.6 Å². The molecule has 0 saturated heterocycles. The van der Waals surface area contributed by atoms with E-state index in [4.69, 9.17) is 0 Å². The number of aromatic amines is 1. The fourth-order valence-electron chi connectivity index (χ4n) is 2.12. The number of nitrogens with one attached hydrogen (secondary N) is 1. The molecule has 0 radical (unpaired) electrons. The molecule has 0 atom stereocenters. The standard InChI is InChI=1S/C14H11N7OS/c22-10-3-1-9(2-4-10)7-12-18-17-11-5-6-13(20-21(11)12)23-14-15-8-16-19-14/h1-6,8,22H,7H2,(H,15,16,19). The molecule has 2 N–H and O–H groups in total. The van der Waals surface area contributed by atoms with Crippen LogP contribution in [0.5, 0.6) is 5.75 Å². The minimum Gasteiger partial charge on any atom is -0.508 e. The molecule has 4 rings (SSSR count). The van der Waals surface area contributed by atoms with Crippen LogP contribution in [0, 0.1) is 0 Å². The third-order valence-electron chi connectivity index (χ3n) is 3.20. The number of benzene rings is 1. The molecule has 4 aromatic rings. The topological polar surface area (TPSA) is 105 Å². The van der Waals surface area contributed by atoms with Gasteiger partial charge in [-0.15, -0.1) is 10.2 Å². The van der Waals surface area contributed by atoms with Gasteiger partial charge in [0.25, 0.3) is 0 Å². The number of fused-ring (bicyclic) bond motifs is 1. The molecule has 114 valence electrons. The van der Waals surface area contributed by atoms with Crippen LogP contribution in [0.3, 0.4) is 0 Å². The SMILES string of the molecule is Oc1ccc(Cc2nnc3ccc(Sc4ncn[nH]4)nn23)cc1. The van der Waals surface area contributed by atoms with Gasteiger partial charge in [0, 0.05) is 6.42 Å². The molecule has 0 fully saturated rings. The lowest BCUT2D eigenvalue weighted by Crippen LogP contribution is -2.01. The summed E-state index contributed by atoms with van der Waals surface area (Å²) < 4.78 is 1.71. The summed E-state index contributed by atoms with van der Waals surface area (Å²) in [4.78, 5) is 4.07. The Labute approximate surface area is 134 Å². The quantitative estimate of drug-likeness (QED) is 0.588. The van der Waals surface area contributed by atoms with E-state index in [1.54, 1.807) is 16.6 Å². The first-order chi connectivity index (χ1) is 11.3. The number of H-pyrrole nitrogens is 1. The number of nitrogens with zero attached hydrogens (tertiary/aromatic N) is 6. The number of hydrogen-bond acceptors (Lipinski definition) is 7. The van der Waals surface area contributed by atoms with E-state index >= 15 is 0 Å². The van der Waals surface area contributed by atoms with E-state index < -0.39 is 0 Å². The van der Waals surface area contributed by atoms with E-state index in [1.807, 2.05) is 24.3 Å². The second-order valence-corrected chi connectivity index (χ2v) is 5.80. The normalized spacial score (nSPS) is 11.1. The molecule has 9 heteroatoms. The van der Waals surface area contributed by atoms with Crippen molar-refractivity contribution in [2.24, 2.45) is 0 Å². The van der Waals surface area contributed by atoms with Gasteiger partial charge in [-0.1, -0.05) is 12.1 Å². The third kappa shape index (κ3) is 2.86. The zero-order chi connectivity index (χ0) is 15.6. The molecule has 3 aromatic heterocycles. The van der Waals surface area contributed by atoms with Crippen molar-refractivity contribution in [2.45, 2.75) is 16.6 Å². The Kier molecular flexibility index (Phi) is 3.39. The molecule has 0 spiro atoms. The lowest BCUT2D eigenvalue weighted by atomic mass is 10.1. The predicted molar refractivity (Wildman–Crippen MR) is 82.2 cm³/mol. The molecule has 0 bridgehead atoms. The van der Waals surface area contributed by atoms with Crippen molar-refractivity contribution < 1.29 is 5.11 Å². The Bertz CT molecular complexity index is 934. The van der Waals surface area contributed by atoms with Crippen molar-refractivity contribution in [3.8, 4) is 5.75 Å². The van der Waals surface area contributed by atoms with Crippen LogP contribution < -0.4 is 0 Å². The van der Waals surface area contributed by atoms with Crippen LogP contribution in [0.25, 0.3) is 5.65 Å². The summed E-state index contributed by atoms with van der Waals surface area (Å²) >= 11 is 1.38. The molecular formula is C14H11N7OS.